The van der Waals surface area contributed by atoms with E-state index in [2.05, 4.69) is 42.1 Å². The van der Waals surface area contributed by atoms with Crippen molar-refractivity contribution in [3.63, 3.8) is 0 Å². The van der Waals surface area contributed by atoms with Gasteiger partial charge in [0.25, 0.3) is 0 Å². The van der Waals surface area contributed by atoms with Crippen LogP contribution in [0.3, 0.4) is 0 Å². The predicted molar refractivity (Wildman–Crippen MR) is 88.4 cm³/mol. The van der Waals surface area contributed by atoms with Crippen LogP contribution in [0, 0.1) is 20.8 Å². The van der Waals surface area contributed by atoms with Crippen molar-refractivity contribution in [3.8, 4) is 22.5 Å². The van der Waals surface area contributed by atoms with Crippen LogP contribution in [0.1, 0.15) is 16.1 Å². The van der Waals surface area contributed by atoms with Gasteiger partial charge in [0.15, 0.2) is 0 Å². The van der Waals surface area contributed by atoms with E-state index in [0.29, 0.717) is 5.82 Å². The van der Waals surface area contributed by atoms with Gasteiger partial charge in [-0.15, -0.1) is 11.3 Å². The Balaban J connectivity index is 2.24. The summed E-state index contributed by atoms with van der Waals surface area (Å²) in [4.78, 5) is 4.55. The van der Waals surface area contributed by atoms with E-state index in [0.717, 1.165) is 27.5 Å². The molecule has 5 heteroatoms. The van der Waals surface area contributed by atoms with Crippen LogP contribution < -0.4 is 5.73 Å². The van der Waals surface area contributed by atoms with Crippen molar-refractivity contribution >= 4 is 17.2 Å². The molecule has 3 aromatic rings. The van der Waals surface area contributed by atoms with E-state index >= 15 is 0 Å². The minimum absolute atomic E-state index is 0.666. The SMILES string of the molecule is Cc1nc(-c2nn(C)c(N)c2-c2ccc(C)c(C)c2)cs1. The molecule has 0 bridgehead atoms. The molecular weight excluding hydrogens is 280 g/mol. The Morgan fingerprint density at radius 3 is 2.52 bits per heavy atom. The first-order valence-electron chi connectivity index (χ1n) is 6.80. The minimum Gasteiger partial charge on any atom is -0.383 e. The van der Waals surface area contributed by atoms with Crippen molar-refractivity contribution in [1.29, 1.82) is 0 Å². The van der Waals surface area contributed by atoms with E-state index < -0.39 is 0 Å². The summed E-state index contributed by atoms with van der Waals surface area (Å²) in [5.41, 5.74) is 12.5. The molecule has 108 valence electrons. The molecule has 0 radical (unpaired) electrons. The highest BCUT2D eigenvalue weighted by molar-refractivity contribution is 7.09. The largest absolute Gasteiger partial charge is 0.383 e. The van der Waals surface area contributed by atoms with Crippen LogP contribution in [0.2, 0.25) is 0 Å². The van der Waals surface area contributed by atoms with Gasteiger partial charge in [0.05, 0.1) is 10.6 Å². The lowest BCUT2D eigenvalue weighted by Crippen LogP contribution is -1.98. The summed E-state index contributed by atoms with van der Waals surface area (Å²) in [7, 11) is 1.86. The number of aromatic nitrogens is 3. The van der Waals surface area contributed by atoms with E-state index in [1.54, 1.807) is 16.0 Å². The fourth-order valence-corrected chi connectivity index (χ4v) is 2.97. The molecule has 0 fully saturated rings. The van der Waals surface area contributed by atoms with Crippen LogP contribution in [0.25, 0.3) is 22.5 Å². The van der Waals surface area contributed by atoms with E-state index in [9.17, 15) is 0 Å². The lowest BCUT2D eigenvalue weighted by atomic mass is 9.99. The zero-order chi connectivity index (χ0) is 15.1. The molecule has 21 heavy (non-hydrogen) atoms. The van der Waals surface area contributed by atoms with Gasteiger partial charge < -0.3 is 5.73 Å². The summed E-state index contributed by atoms with van der Waals surface area (Å²) in [6.07, 6.45) is 0. The summed E-state index contributed by atoms with van der Waals surface area (Å²) in [5.74, 6) is 0.666. The molecule has 2 heterocycles. The molecule has 0 spiro atoms. The molecule has 0 aliphatic carbocycles. The molecule has 2 N–H and O–H groups in total. The summed E-state index contributed by atoms with van der Waals surface area (Å²) in [6, 6.07) is 6.37. The third kappa shape index (κ3) is 2.34. The minimum atomic E-state index is 0.666. The lowest BCUT2D eigenvalue weighted by Gasteiger charge is -2.06. The van der Waals surface area contributed by atoms with Crippen LogP contribution in [-0.2, 0) is 7.05 Å². The molecule has 3 rings (SSSR count). The first-order valence-corrected chi connectivity index (χ1v) is 7.68. The number of nitrogen functional groups attached to an aromatic ring is 1. The van der Waals surface area contributed by atoms with Gasteiger partial charge in [-0.25, -0.2) is 4.98 Å². The van der Waals surface area contributed by atoms with Gasteiger partial charge in [0, 0.05) is 12.4 Å². The van der Waals surface area contributed by atoms with E-state index in [1.165, 1.54) is 11.1 Å². The van der Waals surface area contributed by atoms with E-state index in [4.69, 9.17) is 5.73 Å². The van der Waals surface area contributed by atoms with Crippen LogP contribution in [0.15, 0.2) is 23.6 Å². The summed E-state index contributed by atoms with van der Waals surface area (Å²) >= 11 is 1.62. The Morgan fingerprint density at radius 2 is 1.90 bits per heavy atom. The Morgan fingerprint density at radius 1 is 1.14 bits per heavy atom. The number of thiazole rings is 1. The average molecular weight is 298 g/mol. The summed E-state index contributed by atoms with van der Waals surface area (Å²) < 4.78 is 1.72. The molecular formula is C16H18N4S. The first-order chi connectivity index (χ1) is 9.97. The third-order valence-electron chi connectivity index (χ3n) is 3.75. The maximum Gasteiger partial charge on any atom is 0.129 e. The van der Waals surface area contributed by atoms with E-state index in [1.807, 2.05) is 19.4 Å². The quantitative estimate of drug-likeness (QED) is 0.784. The monoisotopic (exact) mass is 298 g/mol. The number of nitrogens with zero attached hydrogens (tertiary/aromatic N) is 3. The Kier molecular flexibility index (Phi) is 3.29. The van der Waals surface area contributed by atoms with Gasteiger partial charge in [-0.2, -0.15) is 5.10 Å². The standard InChI is InChI=1S/C16H18N4S/c1-9-5-6-12(7-10(9)2)14-15(19-20(4)16(14)17)13-8-21-11(3)18-13/h5-8H,17H2,1-4H3. The Bertz CT molecular complexity index is 814. The molecule has 0 atom stereocenters. The van der Waals surface area contributed by atoms with Crippen molar-refractivity contribution in [2.45, 2.75) is 20.8 Å². The van der Waals surface area contributed by atoms with Crippen LogP contribution in [0.5, 0.6) is 0 Å². The maximum absolute atomic E-state index is 6.24. The van der Waals surface area contributed by atoms with Crippen molar-refractivity contribution in [2.24, 2.45) is 7.05 Å². The zero-order valence-electron chi connectivity index (χ0n) is 12.6. The predicted octanol–water partition coefficient (Wildman–Crippen LogP) is 3.72. The number of hydrogen-bond donors (Lipinski definition) is 1. The number of aryl methyl sites for hydroxylation is 4. The van der Waals surface area contributed by atoms with Gasteiger partial charge in [-0.1, -0.05) is 18.2 Å². The van der Waals surface area contributed by atoms with E-state index in [-0.39, 0.29) is 0 Å². The molecule has 0 saturated carbocycles. The first kappa shape index (κ1) is 13.8. The molecule has 0 amide bonds. The summed E-state index contributed by atoms with van der Waals surface area (Å²) in [6.45, 7) is 6.21. The molecule has 0 unspecified atom stereocenters. The molecule has 4 nitrogen and oxygen atoms in total. The lowest BCUT2D eigenvalue weighted by molar-refractivity contribution is 0.781. The molecule has 0 aliphatic heterocycles. The van der Waals surface area contributed by atoms with Crippen molar-refractivity contribution in [1.82, 2.24) is 14.8 Å². The average Bonchev–Trinajstić information content (AvgIpc) is 2.99. The normalized spacial score (nSPS) is 11.0. The fourth-order valence-electron chi connectivity index (χ4n) is 2.37. The zero-order valence-corrected chi connectivity index (χ0v) is 13.5. The van der Waals surface area contributed by atoms with Crippen molar-refractivity contribution in [2.75, 3.05) is 5.73 Å². The van der Waals surface area contributed by atoms with Gasteiger partial charge >= 0.3 is 0 Å². The smallest absolute Gasteiger partial charge is 0.129 e. The van der Waals surface area contributed by atoms with Crippen molar-refractivity contribution in [3.05, 3.63) is 39.7 Å². The van der Waals surface area contributed by atoms with Crippen molar-refractivity contribution < 1.29 is 0 Å². The maximum atomic E-state index is 6.24. The molecule has 0 aliphatic rings. The van der Waals surface area contributed by atoms with Crippen LogP contribution >= 0.6 is 11.3 Å². The second-order valence-electron chi connectivity index (χ2n) is 5.28. The highest BCUT2D eigenvalue weighted by Crippen LogP contribution is 2.36. The Hall–Kier alpha value is -2.14. The molecule has 2 aromatic heterocycles. The summed E-state index contributed by atoms with van der Waals surface area (Å²) in [5, 5.41) is 7.62. The third-order valence-corrected chi connectivity index (χ3v) is 4.52. The highest BCUT2D eigenvalue weighted by Gasteiger charge is 2.19. The number of nitrogens with two attached hydrogens (primary N) is 1. The second-order valence-corrected chi connectivity index (χ2v) is 6.35. The van der Waals surface area contributed by atoms with Crippen LogP contribution in [-0.4, -0.2) is 14.8 Å². The van der Waals surface area contributed by atoms with Gasteiger partial charge in [-0.05, 0) is 37.5 Å². The number of hydrogen-bond acceptors (Lipinski definition) is 4. The number of anilines is 1. The fraction of sp³-hybridized carbons (Fsp3) is 0.250. The number of rotatable bonds is 2. The van der Waals surface area contributed by atoms with Gasteiger partial charge in [0.1, 0.15) is 17.2 Å². The van der Waals surface area contributed by atoms with Gasteiger partial charge in [-0.3, -0.25) is 4.68 Å². The number of benzene rings is 1. The molecule has 0 saturated heterocycles. The topological polar surface area (TPSA) is 56.7 Å². The second kappa shape index (κ2) is 5.00. The highest BCUT2D eigenvalue weighted by atomic mass is 32.1. The Labute approximate surface area is 128 Å². The van der Waals surface area contributed by atoms with Gasteiger partial charge in [0.2, 0.25) is 0 Å². The molecule has 1 aromatic carbocycles. The van der Waals surface area contributed by atoms with Crippen LogP contribution in [0.4, 0.5) is 5.82 Å².